The number of rotatable bonds is 4. The normalized spacial score (nSPS) is 21.2. The number of aromatic nitrogens is 3. The second-order valence-electron chi connectivity index (χ2n) is 8.16. The lowest BCUT2D eigenvalue weighted by Gasteiger charge is -2.27. The maximum atomic E-state index is 4.93. The Hall–Kier alpha value is -1.83. The summed E-state index contributed by atoms with van der Waals surface area (Å²) < 4.78 is 0. The lowest BCUT2D eigenvalue weighted by Crippen LogP contribution is -2.43. The van der Waals surface area contributed by atoms with Gasteiger partial charge < -0.3 is 47.0 Å². The van der Waals surface area contributed by atoms with Crippen molar-refractivity contribution in [2.24, 2.45) is 0 Å². The molecule has 7 N–H and O–H groups in total. The molecule has 2 fully saturated rings. The highest BCUT2D eigenvalue weighted by molar-refractivity contribution is 5.45. The molecule has 0 spiro atoms. The van der Waals surface area contributed by atoms with Gasteiger partial charge in [-0.1, -0.05) is 0 Å². The minimum absolute atomic E-state index is 0.523. The Morgan fingerprint density at radius 1 is 0.545 bits per heavy atom. The molecule has 12 heteroatoms. The van der Waals surface area contributed by atoms with Gasteiger partial charge in [-0.2, -0.15) is 15.0 Å². The zero-order valence-electron chi connectivity index (χ0n) is 20.0. The van der Waals surface area contributed by atoms with Crippen LogP contribution in [0.25, 0.3) is 0 Å². The zero-order valence-corrected chi connectivity index (χ0v) is 20.0. The average Bonchev–Trinajstić information content (AvgIpc) is 2.80. The minimum atomic E-state index is 0.523. The van der Waals surface area contributed by atoms with Crippen molar-refractivity contribution in [3.8, 4) is 0 Å². The molecule has 0 atom stereocenters. The van der Waals surface area contributed by atoms with E-state index in [1.54, 1.807) is 0 Å². The van der Waals surface area contributed by atoms with E-state index in [-0.39, 0.29) is 0 Å². The highest BCUT2D eigenvalue weighted by Crippen LogP contribution is 2.16. The molecule has 33 heavy (non-hydrogen) atoms. The molecule has 2 aliphatic rings. The van der Waals surface area contributed by atoms with Gasteiger partial charge in [-0.3, -0.25) is 0 Å². The fourth-order valence-corrected chi connectivity index (χ4v) is 3.76. The van der Waals surface area contributed by atoms with Gasteiger partial charge in [-0.25, -0.2) is 0 Å². The Labute approximate surface area is 198 Å². The molecule has 1 radical (unpaired) electrons. The molecular formula is C21H43N12. The monoisotopic (exact) mass is 463 g/mol. The van der Waals surface area contributed by atoms with Crippen LogP contribution in [0.3, 0.4) is 0 Å². The molecule has 1 aromatic rings. The first kappa shape index (κ1) is 25.8. The summed E-state index contributed by atoms with van der Waals surface area (Å²) in [6.45, 7) is 19.0. The molecule has 3 heterocycles. The van der Waals surface area contributed by atoms with Crippen molar-refractivity contribution in [2.45, 2.75) is 0 Å². The third kappa shape index (κ3) is 9.90. The second-order valence-corrected chi connectivity index (χ2v) is 8.16. The van der Waals surface area contributed by atoms with Crippen molar-refractivity contribution >= 4 is 17.8 Å². The first-order valence-corrected chi connectivity index (χ1v) is 12.4. The van der Waals surface area contributed by atoms with Gasteiger partial charge in [-0.15, -0.1) is 0 Å². The number of nitrogens with one attached hydrogen (secondary N) is 7. The Morgan fingerprint density at radius 3 is 1.21 bits per heavy atom. The topological polar surface area (TPSA) is 129 Å². The summed E-state index contributed by atoms with van der Waals surface area (Å²) in [7, 11) is 0. The molecule has 0 saturated carbocycles. The van der Waals surface area contributed by atoms with E-state index in [4.69, 9.17) is 15.0 Å². The third-order valence-electron chi connectivity index (χ3n) is 5.61. The first-order valence-electron chi connectivity index (χ1n) is 12.4. The molecule has 0 aromatic carbocycles. The standard InChI is InChI=1S/C21H43N12/c1-2-28-19-29-20(32-15-11-24-7-3-22-4-8-25-12-16-32)31-21(30-19)33-17-13-26-9-5-23-6-10-27-14-18-33/h22-27H,1-18H2,(H,28,29,30,31). The van der Waals surface area contributed by atoms with Crippen LogP contribution in [0.5, 0.6) is 0 Å². The summed E-state index contributed by atoms with van der Waals surface area (Å²) in [6, 6.07) is 0. The Kier molecular flexibility index (Phi) is 12.4. The van der Waals surface area contributed by atoms with Gasteiger partial charge in [0.15, 0.2) is 0 Å². The number of nitrogens with zero attached hydrogens (tertiary/aromatic N) is 5. The van der Waals surface area contributed by atoms with E-state index in [9.17, 15) is 0 Å². The van der Waals surface area contributed by atoms with Crippen LogP contribution >= 0.6 is 0 Å². The molecule has 3 rings (SSSR count). The SMILES string of the molecule is [CH2]CNc1nc(N2CCNCCNCCNCC2)nc(N2CCNCCNCCNCC2)n1. The van der Waals surface area contributed by atoms with Crippen LogP contribution in [-0.4, -0.2) is 126 Å². The van der Waals surface area contributed by atoms with Crippen molar-refractivity contribution < 1.29 is 0 Å². The fourth-order valence-electron chi connectivity index (χ4n) is 3.76. The van der Waals surface area contributed by atoms with E-state index in [1.165, 1.54) is 0 Å². The van der Waals surface area contributed by atoms with Crippen molar-refractivity contribution in [1.82, 2.24) is 46.9 Å². The maximum Gasteiger partial charge on any atom is 0.232 e. The van der Waals surface area contributed by atoms with Gasteiger partial charge in [0.2, 0.25) is 17.8 Å². The van der Waals surface area contributed by atoms with Gasteiger partial charge in [-0.05, 0) is 6.92 Å². The fraction of sp³-hybridized carbons (Fsp3) is 0.810. The Balaban J connectivity index is 1.76. The number of hydrogen-bond donors (Lipinski definition) is 7. The minimum Gasteiger partial charge on any atom is -0.354 e. The Bertz CT molecular complexity index is 573. The summed E-state index contributed by atoms with van der Waals surface area (Å²) in [5, 5.41) is 24.1. The number of anilines is 3. The van der Waals surface area contributed by atoms with Crippen LogP contribution in [0, 0.1) is 6.92 Å². The molecule has 0 amide bonds. The second kappa shape index (κ2) is 15.9. The van der Waals surface area contributed by atoms with Crippen LogP contribution in [-0.2, 0) is 0 Å². The summed E-state index contributed by atoms with van der Waals surface area (Å²) in [5.74, 6) is 2.01. The molecule has 2 saturated heterocycles. The van der Waals surface area contributed by atoms with Crippen LogP contribution < -0.4 is 47.0 Å². The molecule has 187 valence electrons. The van der Waals surface area contributed by atoms with E-state index in [1.807, 2.05) is 0 Å². The summed E-state index contributed by atoms with van der Waals surface area (Å²) in [6.07, 6.45) is 0. The zero-order chi connectivity index (χ0) is 23.0. The van der Waals surface area contributed by atoms with Crippen molar-refractivity contribution in [3.05, 3.63) is 6.92 Å². The van der Waals surface area contributed by atoms with Crippen LogP contribution in [0.15, 0.2) is 0 Å². The molecule has 12 nitrogen and oxygen atoms in total. The smallest absolute Gasteiger partial charge is 0.232 e. The van der Waals surface area contributed by atoms with Crippen molar-refractivity contribution in [2.75, 3.05) is 126 Å². The summed E-state index contributed by atoms with van der Waals surface area (Å²) in [4.78, 5) is 18.9. The summed E-state index contributed by atoms with van der Waals surface area (Å²) >= 11 is 0. The quantitative estimate of drug-likeness (QED) is 0.251. The first-order chi connectivity index (χ1) is 16.4. The lowest BCUT2D eigenvalue weighted by atomic mass is 10.4. The molecule has 2 aliphatic heterocycles. The molecular weight excluding hydrogens is 420 g/mol. The molecule has 1 aromatic heterocycles. The molecule has 0 aliphatic carbocycles. The van der Waals surface area contributed by atoms with E-state index in [0.29, 0.717) is 24.4 Å². The highest BCUT2D eigenvalue weighted by Gasteiger charge is 2.17. The predicted octanol–water partition coefficient (Wildman–Crippen LogP) is -2.70. The highest BCUT2D eigenvalue weighted by atomic mass is 15.4. The van der Waals surface area contributed by atoms with Gasteiger partial charge in [0, 0.05) is 111 Å². The van der Waals surface area contributed by atoms with Crippen LogP contribution in [0.4, 0.5) is 17.8 Å². The number of hydrogen-bond acceptors (Lipinski definition) is 12. The van der Waals surface area contributed by atoms with Gasteiger partial charge in [0.05, 0.1) is 0 Å². The Morgan fingerprint density at radius 2 is 0.879 bits per heavy atom. The average molecular weight is 464 g/mol. The van der Waals surface area contributed by atoms with Crippen molar-refractivity contribution in [1.29, 1.82) is 0 Å². The van der Waals surface area contributed by atoms with E-state index in [0.717, 1.165) is 105 Å². The van der Waals surface area contributed by atoms with Gasteiger partial charge in [0.25, 0.3) is 0 Å². The molecule has 0 bridgehead atoms. The summed E-state index contributed by atoms with van der Waals surface area (Å²) in [5.41, 5.74) is 0. The van der Waals surface area contributed by atoms with Crippen LogP contribution in [0.1, 0.15) is 0 Å². The van der Waals surface area contributed by atoms with Gasteiger partial charge in [0.1, 0.15) is 0 Å². The third-order valence-corrected chi connectivity index (χ3v) is 5.61. The predicted molar refractivity (Wildman–Crippen MR) is 135 cm³/mol. The van der Waals surface area contributed by atoms with E-state index >= 15 is 0 Å². The maximum absolute atomic E-state index is 4.93. The van der Waals surface area contributed by atoms with E-state index in [2.05, 4.69) is 53.9 Å². The van der Waals surface area contributed by atoms with Crippen molar-refractivity contribution in [3.63, 3.8) is 0 Å². The van der Waals surface area contributed by atoms with Gasteiger partial charge >= 0.3 is 0 Å². The van der Waals surface area contributed by atoms with E-state index < -0.39 is 0 Å². The van der Waals surface area contributed by atoms with Crippen LogP contribution in [0.2, 0.25) is 0 Å². The lowest BCUT2D eigenvalue weighted by molar-refractivity contribution is 0.550. The molecule has 0 unspecified atom stereocenters. The largest absolute Gasteiger partial charge is 0.354 e.